The standard InChI is InChI=1S/C22H17BrClNO3/c1-28-21(14-7-3-2-4-8-14)22(27)25-19-12-11-15(23)13-17(19)20(26)16-9-5-6-10-18(16)24/h2-13,21H,1H3,(H,25,27). The maximum atomic E-state index is 13.0. The van der Waals surface area contributed by atoms with Crippen molar-refractivity contribution in [1.82, 2.24) is 0 Å². The molecule has 4 nitrogen and oxygen atoms in total. The van der Waals surface area contributed by atoms with Gasteiger partial charge in [-0.2, -0.15) is 0 Å². The van der Waals surface area contributed by atoms with Crippen LogP contribution in [0.3, 0.4) is 0 Å². The first-order valence-corrected chi connectivity index (χ1v) is 9.65. The topological polar surface area (TPSA) is 55.4 Å². The van der Waals surface area contributed by atoms with E-state index in [1.807, 2.05) is 30.3 Å². The Morgan fingerprint density at radius 2 is 1.64 bits per heavy atom. The van der Waals surface area contributed by atoms with Gasteiger partial charge in [0.2, 0.25) is 0 Å². The Kier molecular flexibility index (Phi) is 6.62. The van der Waals surface area contributed by atoms with Crippen LogP contribution in [0.2, 0.25) is 5.02 Å². The summed E-state index contributed by atoms with van der Waals surface area (Å²) in [5.74, 6) is -0.653. The molecule has 0 saturated heterocycles. The summed E-state index contributed by atoms with van der Waals surface area (Å²) in [4.78, 5) is 25.9. The smallest absolute Gasteiger partial charge is 0.258 e. The van der Waals surface area contributed by atoms with Gasteiger partial charge < -0.3 is 10.1 Å². The molecule has 0 aliphatic carbocycles. The quantitative estimate of drug-likeness (QED) is 0.485. The molecular formula is C22H17BrClNO3. The van der Waals surface area contributed by atoms with Gasteiger partial charge >= 0.3 is 0 Å². The number of benzene rings is 3. The third kappa shape index (κ3) is 4.50. The molecule has 0 aliphatic rings. The van der Waals surface area contributed by atoms with Crippen LogP contribution in [0.1, 0.15) is 27.6 Å². The van der Waals surface area contributed by atoms with Crippen LogP contribution in [0, 0.1) is 0 Å². The Hall–Kier alpha value is -2.47. The molecule has 28 heavy (non-hydrogen) atoms. The molecule has 1 unspecified atom stereocenters. The first-order chi connectivity index (χ1) is 13.5. The molecule has 1 atom stereocenters. The minimum atomic E-state index is -0.798. The lowest BCUT2D eigenvalue weighted by Gasteiger charge is -2.17. The van der Waals surface area contributed by atoms with Gasteiger partial charge in [-0.25, -0.2) is 0 Å². The first kappa shape index (κ1) is 20.3. The molecule has 0 aliphatic heterocycles. The predicted octanol–water partition coefficient (Wildman–Crippen LogP) is 5.66. The van der Waals surface area contributed by atoms with Gasteiger partial charge in [0.05, 0.1) is 10.7 Å². The molecule has 142 valence electrons. The summed E-state index contributed by atoms with van der Waals surface area (Å²) in [6.07, 6.45) is -0.798. The predicted molar refractivity (Wildman–Crippen MR) is 114 cm³/mol. The maximum Gasteiger partial charge on any atom is 0.258 e. The number of carbonyl (C=O) groups is 2. The molecular weight excluding hydrogens is 442 g/mol. The number of hydrogen-bond acceptors (Lipinski definition) is 3. The van der Waals surface area contributed by atoms with Crippen LogP contribution in [0.15, 0.2) is 77.3 Å². The number of methoxy groups -OCH3 is 1. The zero-order valence-corrected chi connectivity index (χ0v) is 17.3. The number of halogens is 2. The Labute approximate surface area is 176 Å². The Balaban J connectivity index is 1.94. The first-order valence-electron chi connectivity index (χ1n) is 8.48. The van der Waals surface area contributed by atoms with Crippen molar-refractivity contribution in [3.63, 3.8) is 0 Å². The molecule has 0 saturated carbocycles. The zero-order chi connectivity index (χ0) is 20.1. The summed E-state index contributed by atoms with van der Waals surface area (Å²) in [5, 5.41) is 3.16. The molecule has 1 N–H and O–H groups in total. The molecule has 3 aromatic rings. The molecule has 3 aromatic carbocycles. The second-order valence-corrected chi connectivity index (χ2v) is 7.34. The van der Waals surface area contributed by atoms with Crippen molar-refractivity contribution in [2.45, 2.75) is 6.10 Å². The summed E-state index contributed by atoms with van der Waals surface area (Å²) < 4.78 is 6.09. The van der Waals surface area contributed by atoms with E-state index in [1.54, 1.807) is 42.5 Å². The van der Waals surface area contributed by atoms with Gasteiger partial charge in [-0.05, 0) is 35.9 Å². The number of nitrogens with one attached hydrogen (secondary N) is 1. The Morgan fingerprint density at radius 3 is 2.32 bits per heavy atom. The normalized spacial score (nSPS) is 11.7. The maximum absolute atomic E-state index is 13.0. The molecule has 6 heteroatoms. The summed E-state index contributed by atoms with van der Waals surface area (Å²) >= 11 is 9.56. The van der Waals surface area contributed by atoms with E-state index >= 15 is 0 Å². The Morgan fingerprint density at radius 1 is 0.964 bits per heavy atom. The lowest BCUT2D eigenvalue weighted by atomic mass is 10.0. The van der Waals surface area contributed by atoms with Crippen molar-refractivity contribution >= 4 is 44.9 Å². The minimum absolute atomic E-state index is 0.282. The summed E-state index contributed by atoms with van der Waals surface area (Å²) in [5.41, 5.74) is 1.80. The number of hydrogen-bond donors (Lipinski definition) is 1. The van der Waals surface area contributed by atoms with Crippen LogP contribution >= 0.6 is 27.5 Å². The van der Waals surface area contributed by atoms with E-state index in [1.165, 1.54) is 7.11 Å². The lowest BCUT2D eigenvalue weighted by molar-refractivity contribution is -0.126. The lowest BCUT2D eigenvalue weighted by Crippen LogP contribution is -2.23. The number of ether oxygens (including phenoxy) is 1. The number of anilines is 1. The fourth-order valence-corrected chi connectivity index (χ4v) is 3.41. The molecule has 3 rings (SSSR count). The van der Waals surface area contributed by atoms with Crippen molar-refractivity contribution in [2.75, 3.05) is 12.4 Å². The SMILES string of the molecule is COC(C(=O)Nc1ccc(Br)cc1C(=O)c1ccccc1Cl)c1ccccc1. The van der Waals surface area contributed by atoms with Crippen LogP contribution in [0.25, 0.3) is 0 Å². The summed E-state index contributed by atoms with van der Waals surface area (Å²) in [6, 6.07) is 21.0. The average Bonchev–Trinajstić information content (AvgIpc) is 2.70. The van der Waals surface area contributed by atoms with E-state index in [0.717, 1.165) is 5.56 Å². The molecule has 0 aromatic heterocycles. The van der Waals surface area contributed by atoms with E-state index in [2.05, 4.69) is 21.2 Å². The van der Waals surface area contributed by atoms with Crippen LogP contribution in [0.4, 0.5) is 5.69 Å². The van der Waals surface area contributed by atoms with Crippen molar-refractivity contribution in [3.8, 4) is 0 Å². The molecule has 0 bridgehead atoms. The summed E-state index contributed by atoms with van der Waals surface area (Å²) in [6.45, 7) is 0. The number of carbonyl (C=O) groups excluding carboxylic acids is 2. The minimum Gasteiger partial charge on any atom is -0.367 e. The number of rotatable bonds is 6. The largest absolute Gasteiger partial charge is 0.367 e. The monoisotopic (exact) mass is 457 g/mol. The van der Waals surface area contributed by atoms with Crippen LogP contribution in [-0.2, 0) is 9.53 Å². The van der Waals surface area contributed by atoms with Crippen molar-refractivity contribution < 1.29 is 14.3 Å². The van der Waals surface area contributed by atoms with E-state index in [-0.39, 0.29) is 11.7 Å². The van der Waals surface area contributed by atoms with Gasteiger partial charge in [0.15, 0.2) is 11.9 Å². The second-order valence-electron chi connectivity index (χ2n) is 6.01. The molecule has 0 fully saturated rings. The van der Waals surface area contributed by atoms with E-state index in [4.69, 9.17) is 16.3 Å². The van der Waals surface area contributed by atoms with Crippen LogP contribution < -0.4 is 5.32 Å². The Bertz CT molecular complexity index is 1010. The fourth-order valence-electron chi connectivity index (χ4n) is 2.82. The highest BCUT2D eigenvalue weighted by Crippen LogP contribution is 2.28. The van der Waals surface area contributed by atoms with Crippen LogP contribution in [0.5, 0.6) is 0 Å². The van der Waals surface area contributed by atoms with E-state index in [0.29, 0.717) is 26.3 Å². The molecule has 0 radical (unpaired) electrons. The molecule has 0 heterocycles. The van der Waals surface area contributed by atoms with Crippen molar-refractivity contribution in [2.24, 2.45) is 0 Å². The number of ketones is 1. The highest BCUT2D eigenvalue weighted by Gasteiger charge is 2.23. The second kappa shape index (κ2) is 9.15. The van der Waals surface area contributed by atoms with Gasteiger partial charge in [-0.15, -0.1) is 0 Å². The third-order valence-electron chi connectivity index (χ3n) is 4.18. The van der Waals surface area contributed by atoms with Gasteiger partial charge in [0.1, 0.15) is 0 Å². The van der Waals surface area contributed by atoms with Crippen LogP contribution in [-0.4, -0.2) is 18.8 Å². The molecule has 1 amide bonds. The highest BCUT2D eigenvalue weighted by molar-refractivity contribution is 9.10. The van der Waals surface area contributed by atoms with Gasteiger partial charge in [0, 0.05) is 22.7 Å². The number of amides is 1. The molecule has 0 spiro atoms. The zero-order valence-electron chi connectivity index (χ0n) is 15.0. The highest BCUT2D eigenvalue weighted by atomic mass is 79.9. The van der Waals surface area contributed by atoms with E-state index in [9.17, 15) is 9.59 Å². The fraction of sp³-hybridized carbons (Fsp3) is 0.0909. The van der Waals surface area contributed by atoms with Crippen molar-refractivity contribution in [3.05, 3.63) is 99.0 Å². The third-order valence-corrected chi connectivity index (χ3v) is 5.00. The summed E-state index contributed by atoms with van der Waals surface area (Å²) in [7, 11) is 1.47. The van der Waals surface area contributed by atoms with Crippen molar-refractivity contribution in [1.29, 1.82) is 0 Å². The van der Waals surface area contributed by atoms with Gasteiger partial charge in [-0.3, -0.25) is 9.59 Å². The van der Waals surface area contributed by atoms with Gasteiger partial charge in [0.25, 0.3) is 5.91 Å². The van der Waals surface area contributed by atoms with E-state index < -0.39 is 6.10 Å². The van der Waals surface area contributed by atoms with Gasteiger partial charge in [-0.1, -0.05) is 70.0 Å². The average molecular weight is 459 g/mol.